The summed E-state index contributed by atoms with van der Waals surface area (Å²) in [6, 6.07) is 68.5. The molecule has 0 aliphatic heterocycles. The topological polar surface area (TPSA) is 58.0 Å². The Kier molecular flexibility index (Phi) is 8.71. The highest BCUT2D eigenvalue weighted by molar-refractivity contribution is 6.16. The molecular formula is C54H36N6. The molecule has 0 atom stereocenters. The first-order valence-corrected chi connectivity index (χ1v) is 20.0. The maximum absolute atomic E-state index is 4.98. The van der Waals surface area contributed by atoms with Crippen molar-refractivity contribution >= 4 is 77.7 Å². The molecule has 0 bridgehead atoms. The highest BCUT2D eigenvalue weighted by Crippen LogP contribution is 2.44. The van der Waals surface area contributed by atoms with Gasteiger partial charge in [0.25, 0.3) is 0 Å². The van der Waals surface area contributed by atoms with Crippen LogP contribution in [0.2, 0.25) is 0 Å². The summed E-state index contributed by atoms with van der Waals surface area (Å²) in [5, 5.41) is 4.78. The van der Waals surface area contributed by atoms with Gasteiger partial charge < -0.3 is 9.80 Å². The van der Waals surface area contributed by atoms with Crippen LogP contribution in [0.25, 0.3) is 65.9 Å². The molecule has 0 fully saturated rings. The number of aromatic nitrogens is 4. The van der Waals surface area contributed by atoms with Crippen molar-refractivity contribution in [3.05, 3.63) is 219 Å². The van der Waals surface area contributed by atoms with Crippen LogP contribution in [0.15, 0.2) is 219 Å². The Labute approximate surface area is 347 Å². The summed E-state index contributed by atoms with van der Waals surface area (Å²) in [6.45, 7) is 0. The van der Waals surface area contributed by atoms with Crippen LogP contribution in [0.3, 0.4) is 0 Å². The lowest BCUT2D eigenvalue weighted by atomic mass is 9.94. The summed E-state index contributed by atoms with van der Waals surface area (Å²) < 4.78 is 0. The molecule has 0 N–H and O–H groups in total. The lowest BCUT2D eigenvalue weighted by Crippen LogP contribution is -2.10. The molecule has 0 saturated heterocycles. The van der Waals surface area contributed by atoms with E-state index >= 15 is 0 Å². The van der Waals surface area contributed by atoms with E-state index in [0.717, 1.165) is 78.4 Å². The molecule has 0 radical (unpaired) electrons. The highest BCUT2D eigenvalue weighted by atomic mass is 15.1. The third kappa shape index (κ3) is 6.24. The van der Waals surface area contributed by atoms with Gasteiger partial charge in [-0.1, -0.05) is 121 Å². The number of para-hydroxylation sites is 2. The predicted molar refractivity (Wildman–Crippen MR) is 248 cm³/mol. The van der Waals surface area contributed by atoms with Crippen LogP contribution in [0.1, 0.15) is 0 Å². The molecule has 0 spiro atoms. The molecule has 9 aromatic carbocycles. The van der Waals surface area contributed by atoms with Gasteiger partial charge in [-0.2, -0.15) is 0 Å². The zero-order valence-electron chi connectivity index (χ0n) is 32.5. The van der Waals surface area contributed by atoms with E-state index in [0.29, 0.717) is 0 Å². The third-order valence-electron chi connectivity index (χ3n) is 11.2. The Balaban J connectivity index is 1.03. The van der Waals surface area contributed by atoms with E-state index in [9.17, 15) is 0 Å². The summed E-state index contributed by atoms with van der Waals surface area (Å²) in [6.07, 6.45) is 7.03. The number of anilines is 6. The van der Waals surface area contributed by atoms with Crippen LogP contribution in [-0.4, -0.2) is 19.9 Å². The van der Waals surface area contributed by atoms with Crippen LogP contribution in [0, 0.1) is 0 Å². The quantitative estimate of drug-likeness (QED) is 0.144. The molecule has 282 valence electrons. The second-order valence-electron chi connectivity index (χ2n) is 14.8. The highest BCUT2D eigenvalue weighted by Gasteiger charge is 2.22. The second kappa shape index (κ2) is 14.9. The minimum Gasteiger partial charge on any atom is -0.311 e. The molecule has 2 aromatic heterocycles. The Hall–Kier alpha value is -8.22. The Morgan fingerprint density at radius 3 is 0.933 bits per heavy atom. The summed E-state index contributed by atoms with van der Waals surface area (Å²) >= 11 is 0. The van der Waals surface area contributed by atoms with Gasteiger partial charge in [0, 0.05) is 70.0 Å². The molecule has 6 nitrogen and oxygen atoms in total. The SMILES string of the molecule is c1ccc(N(c2ccccc2)c2ccc(-c3c4nccnc4c(-c4ccc(N(c5ccc6ccccc6c5)c5ccc6ccccc6c5)cc4)c4nccnc34)cc2)cc1. The maximum atomic E-state index is 4.98. The molecule has 0 saturated carbocycles. The number of nitrogens with zero attached hydrogens (tertiary/aromatic N) is 6. The normalized spacial score (nSPS) is 11.3. The van der Waals surface area contributed by atoms with Crippen LogP contribution >= 0.6 is 0 Å². The zero-order valence-corrected chi connectivity index (χ0v) is 32.5. The van der Waals surface area contributed by atoms with Crippen molar-refractivity contribution in [2.45, 2.75) is 0 Å². The standard InChI is InChI=1S/C54H36N6/c1-3-15-43(16-4-1)59(44-17-5-2-6-18-44)45-25-21-39(22-26-45)49-51-53(57-33-31-55-51)50(54-52(49)56-32-34-58-54)40-23-27-46(28-24-40)60(47-29-19-37-11-7-9-13-41(37)35-47)48-30-20-38-12-8-10-14-42(38)36-48/h1-36H. The molecular weight excluding hydrogens is 733 g/mol. The number of fused-ring (bicyclic) bond motifs is 4. The summed E-state index contributed by atoms with van der Waals surface area (Å²) in [7, 11) is 0. The van der Waals surface area contributed by atoms with Crippen molar-refractivity contribution in [3.8, 4) is 22.3 Å². The summed E-state index contributed by atoms with van der Waals surface area (Å²) in [5.41, 5.74) is 13.2. The molecule has 0 aliphatic rings. The zero-order chi connectivity index (χ0) is 39.8. The smallest absolute Gasteiger partial charge is 0.0994 e. The summed E-state index contributed by atoms with van der Waals surface area (Å²) in [4.78, 5) is 24.5. The van der Waals surface area contributed by atoms with E-state index in [1.54, 1.807) is 24.8 Å². The Bertz CT molecular complexity index is 3140. The fraction of sp³-hybridized carbons (Fsp3) is 0. The van der Waals surface area contributed by atoms with E-state index in [1.165, 1.54) is 21.5 Å². The largest absolute Gasteiger partial charge is 0.311 e. The van der Waals surface area contributed by atoms with Gasteiger partial charge in [0.2, 0.25) is 0 Å². The first-order valence-electron chi connectivity index (χ1n) is 20.0. The fourth-order valence-electron chi connectivity index (χ4n) is 8.41. The predicted octanol–water partition coefficient (Wildman–Crippen LogP) is 14.2. The number of benzene rings is 9. The van der Waals surface area contributed by atoms with Gasteiger partial charge in [-0.15, -0.1) is 0 Å². The first-order chi connectivity index (χ1) is 29.8. The van der Waals surface area contributed by atoms with Crippen LogP contribution in [0.5, 0.6) is 0 Å². The van der Waals surface area contributed by atoms with Gasteiger partial charge in [0.1, 0.15) is 0 Å². The third-order valence-corrected chi connectivity index (χ3v) is 11.2. The van der Waals surface area contributed by atoms with Crippen LogP contribution < -0.4 is 9.80 Å². The van der Waals surface area contributed by atoms with Crippen molar-refractivity contribution in [1.82, 2.24) is 19.9 Å². The van der Waals surface area contributed by atoms with Crippen molar-refractivity contribution < 1.29 is 0 Å². The van der Waals surface area contributed by atoms with Gasteiger partial charge in [0.15, 0.2) is 0 Å². The van der Waals surface area contributed by atoms with Crippen molar-refractivity contribution in [1.29, 1.82) is 0 Å². The number of rotatable bonds is 8. The minimum absolute atomic E-state index is 0.772. The average molecular weight is 769 g/mol. The lowest BCUT2D eigenvalue weighted by Gasteiger charge is -2.26. The van der Waals surface area contributed by atoms with Gasteiger partial charge in [-0.05, 0) is 105 Å². The van der Waals surface area contributed by atoms with Gasteiger partial charge in [0.05, 0.1) is 22.1 Å². The molecule has 6 heteroatoms. The lowest BCUT2D eigenvalue weighted by molar-refractivity contribution is 1.26. The van der Waals surface area contributed by atoms with Crippen molar-refractivity contribution in [2.24, 2.45) is 0 Å². The second-order valence-corrected chi connectivity index (χ2v) is 14.8. The van der Waals surface area contributed by atoms with Gasteiger partial charge >= 0.3 is 0 Å². The molecule has 11 rings (SSSR count). The van der Waals surface area contributed by atoms with Crippen LogP contribution in [0.4, 0.5) is 34.1 Å². The van der Waals surface area contributed by atoms with Crippen LogP contribution in [-0.2, 0) is 0 Å². The van der Waals surface area contributed by atoms with E-state index in [2.05, 4.69) is 192 Å². The monoisotopic (exact) mass is 768 g/mol. The molecule has 2 heterocycles. The van der Waals surface area contributed by atoms with Gasteiger partial charge in [-0.3, -0.25) is 19.9 Å². The molecule has 0 amide bonds. The number of hydrogen-bond donors (Lipinski definition) is 0. The van der Waals surface area contributed by atoms with Crippen molar-refractivity contribution in [2.75, 3.05) is 9.80 Å². The summed E-state index contributed by atoms with van der Waals surface area (Å²) in [5.74, 6) is 0. The first kappa shape index (κ1) is 35.0. The molecule has 60 heavy (non-hydrogen) atoms. The molecule has 0 aliphatic carbocycles. The fourth-order valence-corrected chi connectivity index (χ4v) is 8.41. The van der Waals surface area contributed by atoms with Gasteiger partial charge in [-0.25, -0.2) is 0 Å². The Morgan fingerprint density at radius 1 is 0.250 bits per heavy atom. The van der Waals surface area contributed by atoms with E-state index in [1.807, 2.05) is 12.1 Å². The Morgan fingerprint density at radius 2 is 0.550 bits per heavy atom. The minimum atomic E-state index is 0.772. The van der Waals surface area contributed by atoms with E-state index in [-0.39, 0.29) is 0 Å². The van der Waals surface area contributed by atoms with E-state index in [4.69, 9.17) is 19.9 Å². The van der Waals surface area contributed by atoms with Crippen molar-refractivity contribution in [3.63, 3.8) is 0 Å². The average Bonchev–Trinajstić information content (AvgIpc) is 3.32. The molecule has 0 unspecified atom stereocenters. The molecule has 11 aromatic rings. The maximum Gasteiger partial charge on any atom is 0.0994 e. The van der Waals surface area contributed by atoms with E-state index < -0.39 is 0 Å². The number of hydrogen-bond acceptors (Lipinski definition) is 6.